The van der Waals surface area contributed by atoms with Crippen LogP contribution in [0.15, 0.2) is 18.2 Å². The molecule has 0 saturated heterocycles. The number of benzene rings is 1. The van der Waals surface area contributed by atoms with E-state index < -0.39 is 0 Å². The summed E-state index contributed by atoms with van der Waals surface area (Å²) < 4.78 is 13.1. The third kappa shape index (κ3) is 1.67. The summed E-state index contributed by atoms with van der Waals surface area (Å²) in [6, 6.07) is 4.28. The number of halogens is 1. The zero-order valence-electron chi connectivity index (χ0n) is 8.53. The average molecular weight is 208 g/mol. The molecule has 3 nitrogen and oxygen atoms in total. The summed E-state index contributed by atoms with van der Waals surface area (Å²) in [7, 11) is 0. The molecule has 1 amide bonds. The number of carbonyl (C=O) groups excluding carboxylic acids is 1. The van der Waals surface area contributed by atoms with E-state index in [2.05, 4.69) is 0 Å². The van der Waals surface area contributed by atoms with Crippen LogP contribution in [-0.2, 0) is 11.2 Å². The number of hydrogen-bond acceptors (Lipinski definition) is 2. The maximum Gasteiger partial charge on any atom is 0.239 e. The van der Waals surface area contributed by atoms with Crippen LogP contribution in [0.25, 0.3) is 0 Å². The molecule has 1 aliphatic rings. The maximum atomic E-state index is 13.1. The molecule has 1 aromatic rings. The molecular weight excluding hydrogens is 195 g/mol. The van der Waals surface area contributed by atoms with E-state index in [1.807, 2.05) is 4.90 Å². The van der Waals surface area contributed by atoms with E-state index in [-0.39, 0.29) is 17.8 Å². The predicted octanol–water partition coefficient (Wildman–Crippen LogP) is 1.06. The Labute approximate surface area is 87.7 Å². The molecular formula is C11H13FN2O. The molecule has 1 aromatic carbocycles. The Balaban J connectivity index is 2.35. The topological polar surface area (TPSA) is 46.3 Å². The summed E-state index contributed by atoms with van der Waals surface area (Å²) in [5.41, 5.74) is 7.10. The van der Waals surface area contributed by atoms with Crippen LogP contribution in [0.5, 0.6) is 0 Å². The van der Waals surface area contributed by atoms with E-state index in [9.17, 15) is 9.18 Å². The largest absolute Gasteiger partial charge is 0.368 e. The number of nitrogens with zero attached hydrogens (tertiary/aromatic N) is 1. The molecule has 1 aliphatic heterocycles. The molecule has 4 heteroatoms. The van der Waals surface area contributed by atoms with Crippen molar-refractivity contribution >= 4 is 11.6 Å². The minimum atomic E-state index is -0.382. The van der Waals surface area contributed by atoms with Crippen molar-refractivity contribution in [1.82, 2.24) is 0 Å². The lowest BCUT2D eigenvalue weighted by Gasteiger charge is -2.24. The highest BCUT2D eigenvalue weighted by Gasteiger charge is 2.26. The molecule has 1 heterocycles. The van der Waals surface area contributed by atoms with Crippen molar-refractivity contribution in [2.45, 2.75) is 19.4 Å². The minimum Gasteiger partial charge on any atom is -0.368 e. The average Bonchev–Trinajstić information content (AvgIpc) is 2.59. The SMILES string of the molecule is CC(C(N)=O)N1CCc2ccc(F)cc21. The number of nitrogens with two attached hydrogens (primary N) is 1. The zero-order valence-corrected chi connectivity index (χ0v) is 8.53. The van der Waals surface area contributed by atoms with Crippen LogP contribution in [0.3, 0.4) is 0 Å². The lowest BCUT2D eigenvalue weighted by Crippen LogP contribution is -2.41. The van der Waals surface area contributed by atoms with Gasteiger partial charge in [-0.1, -0.05) is 6.07 Å². The number of carbonyl (C=O) groups is 1. The standard InChI is InChI=1S/C11H13FN2O/c1-7(11(13)15)14-5-4-8-2-3-9(12)6-10(8)14/h2-3,6-7H,4-5H2,1H3,(H2,13,15). The van der Waals surface area contributed by atoms with Crippen molar-refractivity contribution in [3.63, 3.8) is 0 Å². The van der Waals surface area contributed by atoms with E-state index in [1.165, 1.54) is 12.1 Å². The zero-order chi connectivity index (χ0) is 11.0. The molecule has 0 radical (unpaired) electrons. The Morgan fingerprint density at radius 1 is 1.60 bits per heavy atom. The van der Waals surface area contributed by atoms with Gasteiger partial charge in [-0.3, -0.25) is 4.79 Å². The van der Waals surface area contributed by atoms with E-state index in [4.69, 9.17) is 5.73 Å². The van der Waals surface area contributed by atoms with Crippen molar-refractivity contribution in [3.8, 4) is 0 Å². The van der Waals surface area contributed by atoms with Crippen molar-refractivity contribution in [2.24, 2.45) is 5.73 Å². The summed E-state index contributed by atoms with van der Waals surface area (Å²) in [4.78, 5) is 12.9. The third-order valence-corrected chi connectivity index (χ3v) is 2.86. The van der Waals surface area contributed by atoms with Gasteiger partial charge >= 0.3 is 0 Å². The van der Waals surface area contributed by atoms with Crippen molar-refractivity contribution in [1.29, 1.82) is 0 Å². The number of anilines is 1. The van der Waals surface area contributed by atoms with Crippen LogP contribution in [0.1, 0.15) is 12.5 Å². The molecule has 0 spiro atoms. The first-order valence-electron chi connectivity index (χ1n) is 4.94. The van der Waals surface area contributed by atoms with Gasteiger partial charge in [0.2, 0.25) is 5.91 Å². The molecule has 2 N–H and O–H groups in total. The number of primary amides is 1. The Morgan fingerprint density at radius 2 is 2.33 bits per heavy atom. The minimum absolute atomic E-state index is 0.280. The molecule has 0 fully saturated rings. The molecule has 1 atom stereocenters. The second-order valence-corrected chi connectivity index (χ2v) is 3.79. The van der Waals surface area contributed by atoms with E-state index in [1.54, 1.807) is 13.0 Å². The molecule has 0 aromatic heterocycles. The highest BCUT2D eigenvalue weighted by molar-refractivity contribution is 5.84. The van der Waals surface area contributed by atoms with E-state index in [0.29, 0.717) is 0 Å². The van der Waals surface area contributed by atoms with Crippen LogP contribution in [0.4, 0.5) is 10.1 Å². The quantitative estimate of drug-likeness (QED) is 0.790. The van der Waals surface area contributed by atoms with Gasteiger partial charge in [0.25, 0.3) is 0 Å². The van der Waals surface area contributed by atoms with Crippen LogP contribution in [0.2, 0.25) is 0 Å². The Bertz CT molecular complexity index is 406. The highest BCUT2D eigenvalue weighted by atomic mass is 19.1. The van der Waals surface area contributed by atoms with E-state index >= 15 is 0 Å². The second-order valence-electron chi connectivity index (χ2n) is 3.79. The van der Waals surface area contributed by atoms with Gasteiger partial charge in [-0.25, -0.2) is 4.39 Å². The molecule has 80 valence electrons. The Kier molecular flexibility index (Phi) is 2.34. The smallest absolute Gasteiger partial charge is 0.239 e. The number of rotatable bonds is 2. The molecule has 0 aliphatic carbocycles. The summed E-state index contributed by atoms with van der Waals surface area (Å²) in [6.07, 6.45) is 0.841. The summed E-state index contributed by atoms with van der Waals surface area (Å²) in [6.45, 7) is 2.46. The normalized spacial score (nSPS) is 16.3. The lowest BCUT2D eigenvalue weighted by molar-refractivity contribution is -0.118. The predicted molar refractivity (Wildman–Crippen MR) is 56.1 cm³/mol. The van der Waals surface area contributed by atoms with Crippen molar-refractivity contribution in [2.75, 3.05) is 11.4 Å². The molecule has 1 unspecified atom stereocenters. The van der Waals surface area contributed by atoms with Gasteiger partial charge in [0.05, 0.1) is 0 Å². The number of fused-ring (bicyclic) bond motifs is 1. The van der Waals surface area contributed by atoms with Gasteiger partial charge < -0.3 is 10.6 Å². The molecule has 0 saturated carbocycles. The number of amides is 1. The first-order valence-corrected chi connectivity index (χ1v) is 4.94. The van der Waals surface area contributed by atoms with Crippen LogP contribution >= 0.6 is 0 Å². The van der Waals surface area contributed by atoms with E-state index in [0.717, 1.165) is 24.2 Å². The second kappa shape index (κ2) is 3.53. The van der Waals surface area contributed by atoms with Crippen LogP contribution < -0.4 is 10.6 Å². The first-order chi connectivity index (χ1) is 7.09. The third-order valence-electron chi connectivity index (χ3n) is 2.86. The van der Waals surface area contributed by atoms with Crippen molar-refractivity contribution < 1.29 is 9.18 Å². The summed E-state index contributed by atoms with van der Waals surface area (Å²) in [5.74, 6) is -0.663. The Morgan fingerprint density at radius 3 is 3.00 bits per heavy atom. The fraction of sp³-hybridized carbons (Fsp3) is 0.364. The lowest BCUT2D eigenvalue weighted by atomic mass is 10.1. The van der Waals surface area contributed by atoms with Crippen molar-refractivity contribution in [3.05, 3.63) is 29.6 Å². The monoisotopic (exact) mass is 208 g/mol. The molecule has 0 bridgehead atoms. The van der Waals surface area contributed by atoms with Crippen LogP contribution in [0, 0.1) is 5.82 Å². The fourth-order valence-electron chi connectivity index (χ4n) is 1.93. The fourth-order valence-corrected chi connectivity index (χ4v) is 1.93. The molecule has 15 heavy (non-hydrogen) atoms. The van der Waals surface area contributed by atoms with Gasteiger partial charge in [0.1, 0.15) is 11.9 Å². The Hall–Kier alpha value is -1.58. The van der Waals surface area contributed by atoms with Gasteiger partial charge in [-0.15, -0.1) is 0 Å². The van der Waals surface area contributed by atoms with Crippen LogP contribution in [-0.4, -0.2) is 18.5 Å². The van der Waals surface area contributed by atoms with Gasteiger partial charge in [0, 0.05) is 12.2 Å². The molecule has 2 rings (SSSR count). The van der Waals surface area contributed by atoms with Gasteiger partial charge in [-0.2, -0.15) is 0 Å². The summed E-state index contributed by atoms with van der Waals surface area (Å²) in [5, 5.41) is 0. The van der Waals surface area contributed by atoms with Gasteiger partial charge in [-0.05, 0) is 31.0 Å². The van der Waals surface area contributed by atoms with Gasteiger partial charge in [0.15, 0.2) is 0 Å². The first kappa shape index (κ1) is 9.96. The number of hydrogen-bond donors (Lipinski definition) is 1. The summed E-state index contributed by atoms with van der Waals surface area (Å²) >= 11 is 0. The maximum absolute atomic E-state index is 13.1. The highest BCUT2D eigenvalue weighted by Crippen LogP contribution is 2.30.